The molecule has 2 aromatic heterocycles. The van der Waals surface area contributed by atoms with Gasteiger partial charge in [0.1, 0.15) is 5.82 Å². The zero-order chi connectivity index (χ0) is 19.9. The van der Waals surface area contributed by atoms with Crippen molar-refractivity contribution in [1.82, 2.24) is 19.9 Å². The smallest absolute Gasteiger partial charge is 0.225 e. The number of hydrogen-bond donors (Lipinski definition) is 2. The van der Waals surface area contributed by atoms with Crippen LogP contribution in [-0.2, 0) is 0 Å². The number of anilines is 3. The van der Waals surface area contributed by atoms with E-state index in [0.717, 1.165) is 42.4 Å². The molecule has 2 heterocycles. The van der Waals surface area contributed by atoms with Gasteiger partial charge in [0, 0.05) is 24.5 Å². The Labute approximate surface area is 167 Å². The van der Waals surface area contributed by atoms with E-state index in [-0.39, 0.29) is 0 Å². The van der Waals surface area contributed by atoms with Crippen LogP contribution in [0.1, 0.15) is 17.5 Å². The second-order valence-corrected chi connectivity index (χ2v) is 7.20. The zero-order valence-corrected chi connectivity index (χ0v) is 17.0. The third-order valence-corrected chi connectivity index (χ3v) is 4.37. The summed E-state index contributed by atoms with van der Waals surface area (Å²) in [4.78, 5) is 15.9. The number of rotatable bonds is 8. The van der Waals surface area contributed by atoms with Crippen LogP contribution in [0.4, 0.5) is 17.5 Å². The average molecular weight is 377 g/mol. The van der Waals surface area contributed by atoms with Crippen molar-refractivity contribution in [2.24, 2.45) is 0 Å². The third kappa shape index (κ3) is 5.50. The average Bonchev–Trinajstić information content (AvgIpc) is 2.68. The van der Waals surface area contributed by atoms with Crippen molar-refractivity contribution in [3.63, 3.8) is 0 Å². The molecule has 0 bridgehead atoms. The van der Waals surface area contributed by atoms with Gasteiger partial charge in [-0.3, -0.25) is 4.98 Å². The lowest BCUT2D eigenvalue weighted by Crippen LogP contribution is -2.17. The van der Waals surface area contributed by atoms with Gasteiger partial charge in [0.15, 0.2) is 0 Å². The quantitative estimate of drug-likeness (QED) is 0.573. The van der Waals surface area contributed by atoms with Gasteiger partial charge in [0.25, 0.3) is 0 Å². The molecule has 146 valence electrons. The molecule has 0 aliphatic heterocycles. The summed E-state index contributed by atoms with van der Waals surface area (Å²) in [6, 6.07) is 14.1. The molecule has 1 aromatic carbocycles. The van der Waals surface area contributed by atoms with Gasteiger partial charge in [-0.25, -0.2) is 4.98 Å². The fraction of sp³-hybridized carbons (Fsp3) is 0.318. The molecular formula is C22H28N6. The normalized spacial score (nSPS) is 10.9. The summed E-state index contributed by atoms with van der Waals surface area (Å²) in [5, 5.41) is 6.79. The molecule has 6 heteroatoms. The maximum Gasteiger partial charge on any atom is 0.225 e. The van der Waals surface area contributed by atoms with Gasteiger partial charge in [-0.15, -0.1) is 0 Å². The maximum atomic E-state index is 4.67. The number of aryl methyl sites for hydroxylation is 2. The van der Waals surface area contributed by atoms with Crippen LogP contribution < -0.4 is 10.6 Å². The largest absolute Gasteiger partial charge is 0.354 e. The van der Waals surface area contributed by atoms with Gasteiger partial charge in [0.05, 0.1) is 11.4 Å². The lowest BCUT2D eigenvalue weighted by molar-refractivity contribution is 0.405. The van der Waals surface area contributed by atoms with Crippen LogP contribution in [0.15, 0.2) is 48.7 Å². The molecule has 0 saturated carbocycles. The molecule has 2 N–H and O–H groups in total. The van der Waals surface area contributed by atoms with Crippen LogP contribution in [0.2, 0.25) is 0 Å². The van der Waals surface area contributed by atoms with E-state index in [1.807, 2.05) is 24.3 Å². The number of pyridine rings is 1. The summed E-state index contributed by atoms with van der Waals surface area (Å²) in [5.41, 5.74) is 5.03. The number of benzene rings is 1. The topological polar surface area (TPSA) is 66.0 Å². The van der Waals surface area contributed by atoms with Crippen molar-refractivity contribution < 1.29 is 0 Å². The minimum atomic E-state index is 0.606. The molecule has 3 rings (SSSR count). The molecule has 0 atom stereocenters. The Morgan fingerprint density at radius 2 is 1.82 bits per heavy atom. The fourth-order valence-corrected chi connectivity index (χ4v) is 2.84. The molecule has 3 aromatic rings. The Kier molecular flexibility index (Phi) is 6.55. The SMILES string of the molecule is Cc1ccc(C)c(Nc2cc(-c3ccccn3)nc(NCCCN(C)C)n2)c1. The molecule has 0 unspecified atom stereocenters. The predicted molar refractivity (Wildman–Crippen MR) is 116 cm³/mol. The first-order valence-electron chi connectivity index (χ1n) is 9.54. The first-order valence-corrected chi connectivity index (χ1v) is 9.54. The highest BCUT2D eigenvalue weighted by Gasteiger charge is 2.09. The lowest BCUT2D eigenvalue weighted by Gasteiger charge is -2.14. The summed E-state index contributed by atoms with van der Waals surface area (Å²) in [6.45, 7) is 6.00. The Morgan fingerprint density at radius 1 is 0.964 bits per heavy atom. The second-order valence-electron chi connectivity index (χ2n) is 7.20. The van der Waals surface area contributed by atoms with E-state index in [0.29, 0.717) is 5.95 Å². The van der Waals surface area contributed by atoms with E-state index in [1.165, 1.54) is 11.1 Å². The molecule has 0 saturated heterocycles. The summed E-state index contributed by atoms with van der Waals surface area (Å²) in [7, 11) is 4.15. The van der Waals surface area contributed by atoms with Crippen LogP contribution in [0.25, 0.3) is 11.4 Å². The molecule has 6 nitrogen and oxygen atoms in total. The molecule has 28 heavy (non-hydrogen) atoms. The first kappa shape index (κ1) is 19.8. The van der Waals surface area contributed by atoms with Gasteiger partial charge in [-0.05, 0) is 70.2 Å². The van der Waals surface area contributed by atoms with Crippen molar-refractivity contribution in [1.29, 1.82) is 0 Å². The van der Waals surface area contributed by atoms with Crippen LogP contribution in [0.3, 0.4) is 0 Å². The number of nitrogens with zero attached hydrogens (tertiary/aromatic N) is 4. The van der Waals surface area contributed by atoms with E-state index in [9.17, 15) is 0 Å². The second kappa shape index (κ2) is 9.28. The van der Waals surface area contributed by atoms with Crippen molar-refractivity contribution in [2.75, 3.05) is 37.8 Å². The molecule has 0 radical (unpaired) electrons. The minimum Gasteiger partial charge on any atom is -0.354 e. The molecule has 0 fully saturated rings. The molecule has 0 aliphatic carbocycles. The van der Waals surface area contributed by atoms with Gasteiger partial charge < -0.3 is 15.5 Å². The number of nitrogens with one attached hydrogen (secondary N) is 2. The number of hydrogen-bond acceptors (Lipinski definition) is 6. The highest BCUT2D eigenvalue weighted by molar-refractivity contribution is 5.67. The van der Waals surface area contributed by atoms with E-state index < -0.39 is 0 Å². The lowest BCUT2D eigenvalue weighted by atomic mass is 10.1. The van der Waals surface area contributed by atoms with Crippen molar-refractivity contribution >= 4 is 17.5 Å². The summed E-state index contributed by atoms with van der Waals surface area (Å²) in [5.74, 6) is 1.36. The Balaban J connectivity index is 1.87. The van der Waals surface area contributed by atoms with Crippen LogP contribution in [0, 0.1) is 13.8 Å². The van der Waals surface area contributed by atoms with Crippen LogP contribution >= 0.6 is 0 Å². The number of aromatic nitrogens is 3. The maximum absolute atomic E-state index is 4.67. The van der Waals surface area contributed by atoms with E-state index in [4.69, 9.17) is 0 Å². The molecule has 0 amide bonds. The van der Waals surface area contributed by atoms with Crippen molar-refractivity contribution in [2.45, 2.75) is 20.3 Å². The molecule has 0 aliphatic rings. The monoisotopic (exact) mass is 376 g/mol. The first-order chi connectivity index (χ1) is 13.5. The third-order valence-electron chi connectivity index (χ3n) is 4.37. The van der Waals surface area contributed by atoms with E-state index in [1.54, 1.807) is 6.20 Å². The van der Waals surface area contributed by atoms with Gasteiger partial charge in [-0.2, -0.15) is 4.98 Å². The molecule has 0 spiro atoms. The van der Waals surface area contributed by atoms with Gasteiger partial charge >= 0.3 is 0 Å². The molecular weight excluding hydrogens is 348 g/mol. The summed E-state index contributed by atoms with van der Waals surface area (Å²) >= 11 is 0. The predicted octanol–water partition coefficient (Wildman–Crippen LogP) is 4.26. The van der Waals surface area contributed by atoms with Crippen molar-refractivity contribution in [3.8, 4) is 11.4 Å². The Bertz CT molecular complexity index is 908. The minimum absolute atomic E-state index is 0.606. The fourth-order valence-electron chi connectivity index (χ4n) is 2.84. The standard InChI is InChI=1S/C22H28N6/c1-16-9-10-17(2)19(14-16)25-21-15-20(18-8-5-6-11-23-18)26-22(27-21)24-12-7-13-28(3)4/h5-6,8-11,14-15H,7,12-13H2,1-4H3,(H2,24,25,26,27). The highest BCUT2D eigenvalue weighted by Crippen LogP contribution is 2.24. The Hall–Kier alpha value is -2.99. The summed E-state index contributed by atoms with van der Waals surface area (Å²) < 4.78 is 0. The van der Waals surface area contributed by atoms with Crippen LogP contribution in [-0.4, -0.2) is 47.0 Å². The van der Waals surface area contributed by atoms with Gasteiger partial charge in [-0.1, -0.05) is 18.2 Å². The van der Waals surface area contributed by atoms with E-state index >= 15 is 0 Å². The zero-order valence-electron chi connectivity index (χ0n) is 17.0. The Morgan fingerprint density at radius 3 is 2.57 bits per heavy atom. The van der Waals surface area contributed by atoms with Gasteiger partial charge in [0.2, 0.25) is 5.95 Å². The summed E-state index contributed by atoms with van der Waals surface area (Å²) in [6.07, 6.45) is 2.79. The van der Waals surface area contributed by atoms with Crippen molar-refractivity contribution in [3.05, 3.63) is 59.8 Å². The highest BCUT2D eigenvalue weighted by atomic mass is 15.1. The van der Waals surface area contributed by atoms with Crippen LogP contribution in [0.5, 0.6) is 0 Å². The van der Waals surface area contributed by atoms with E-state index in [2.05, 4.69) is 76.6 Å².